The van der Waals surface area contributed by atoms with Gasteiger partial charge in [-0.05, 0) is 28.1 Å². The smallest absolute Gasteiger partial charge is 0.155 e. The highest BCUT2D eigenvalue weighted by atomic mass is 79.9. The molecule has 1 aromatic rings. The summed E-state index contributed by atoms with van der Waals surface area (Å²) in [5.74, 6) is 1.14. The first-order valence-corrected chi connectivity index (χ1v) is 4.39. The van der Waals surface area contributed by atoms with Crippen molar-refractivity contribution in [3.63, 3.8) is 0 Å². The molecule has 0 spiro atoms. The normalized spacial score (nSPS) is 9.46. The van der Waals surface area contributed by atoms with E-state index in [0.29, 0.717) is 21.5 Å². The van der Waals surface area contributed by atoms with Gasteiger partial charge in [0.05, 0.1) is 24.3 Å². The molecule has 0 fully saturated rings. The van der Waals surface area contributed by atoms with Gasteiger partial charge in [0.15, 0.2) is 6.29 Å². The molecule has 0 unspecified atom stereocenters. The standard InChI is InChI=1S/C9H9BrO3/c1-12-7-3-4-8(13-2)9(10)6(7)5-11/h3-5H,1-2H3. The monoisotopic (exact) mass is 244 g/mol. The maximum Gasteiger partial charge on any atom is 0.155 e. The second-order valence-electron chi connectivity index (χ2n) is 2.32. The van der Waals surface area contributed by atoms with E-state index in [4.69, 9.17) is 9.47 Å². The van der Waals surface area contributed by atoms with Crippen LogP contribution in [0.3, 0.4) is 0 Å². The number of ether oxygens (including phenoxy) is 2. The molecule has 0 saturated carbocycles. The van der Waals surface area contributed by atoms with E-state index in [0.717, 1.165) is 6.29 Å². The average Bonchev–Trinajstić information content (AvgIpc) is 2.17. The highest BCUT2D eigenvalue weighted by Gasteiger charge is 2.10. The van der Waals surface area contributed by atoms with Gasteiger partial charge >= 0.3 is 0 Å². The molecule has 70 valence electrons. The molecule has 0 amide bonds. The maximum absolute atomic E-state index is 10.7. The van der Waals surface area contributed by atoms with Crippen molar-refractivity contribution in [1.29, 1.82) is 0 Å². The molecule has 0 N–H and O–H groups in total. The molecule has 1 rings (SSSR count). The van der Waals surface area contributed by atoms with Crippen LogP contribution in [0, 0.1) is 0 Å². The van der Waals surface area contributed by atoms with Crippen LogP contribution in [0.4, 0.5) is 0 Å². The van der Waals surface area contributed by atoms with Crippen molar-refractivity contribution in [1.82, 2.24) is 0 Å². The summed E-state index contributed by atoms with van der Waals surface area (Å²) in [7, 11) is 3.06. The van der Waals surface area contributed by atoms with Gasteiger partial charge < -0.3 is 9.47 Å². The summed E-state index contributed by atoms with van der Waals surface area (Å²) in [6, 6.07) is 3.42. The predicted molar refractivity (Wildman–Crippen MR) is 52.6 cm³/mol. The number of benzene rings is 1. The summed E-state index contributed by atoms with van der Waals surface area (Å²) in [6.07, 6.45) is 0.728. The largest absolute Gasteiger partial charge is 0.496 e. The fraction of sp³-hybridized carbons (Fsp3) is 0.222. The van der Waals surface area contributed by atoms with E-state index in [1.165, 1.54) is 7.11 Å². The maximum atomic E-state index is 10.7. The lowest BCUT2D eigenvalue weighted by Crippen LogP contribution is -1.94. The summed E-state index contributed by atoms with van der Waals surface area (Å²) < 4.78 is 10.6. The number of rotatable bonds is 3. The highest BCUT2D eigenvalue weighted by Crippen LogP contribution is 2.33. The molecule has 13 heavy (non-hydrogen) atoms. The Labute approximate surface area is 84.8 Å². The summed E-state index contributed by atoms with van der Waals surface area (Å²) in [5, 5.41) is 0. The van der Waals surface area contributed by atoms with Crippen LogP contribution >= 0.6 is 15.9 Å². The minimum absolute atomic E-state index is 0.460. The third kappa shape index (κ3) is 1.83. The van der Waals surface area contributed by atoms with Crippen LogP contribution in [-0.4, -0.2) is 20.5 Å². The zero-order valence-corrected chi connectivity index (χ0v) is 8.92. The molecule has 0 aromatic heterocycles. The Kier molecular flexibility index (Phi) is 3.31. The number of methoxy groups -OCH3 is 2. The Balaban J connectivity index is 3.31. The summed E-state index contributed by atoms with van der Waals surface area (Å²) in [6.45, 7) is 0. The molecule has 0 bridgehead atoms. The molecule has 0 aliphatic carbocycles. The van der Waals surface area contributed by atoms with Crippen LogP contribution in [0.2, 0.25) is 0 Å². The van der Waals surface area contributed by atoms with Crippen molar-refractivity contribution in [3.05, 3.63) is 22.2 Å². The predicted octanol–water partition coefficient (Wildman–Crippen LogP) is 2.28. The van der Waals surface area contributed by atoms with Crippen LogP contribution in [-0.2, 0) is 0 Å². The minimum Gasteiger partial charge on any atom is -0.496 e. The fourth-order valence-corrected chi connectivity index (χ4v) is 1.58. The number of aldehydes is 1. The third-order valence-electron chi connectivity index (χ3n) is 1.66. The van der Waals surface area contributed by atoms with Crippen LogP contribution < -0.4 is 9.47 Å². The van der Waals surface area contributed by atoms with Gasteiger partial charge in [0.2, 0.25) is 0 Å². The summed E-state index contributed by atoms with van der Waals surface area (Å²) in [5.41, 5.74) is 0.460. The van der Waals surface area contributed by atoms with Crippen molar-refractivity contribution < 1.29 is 14.3 Å². The molecule has 1 aromatic carbocycles. The first-order chi connectivity index (χ1) is 6.24. The molecule has 4 heteroatoms. The molecular formula is C9H9BrO3. The van der Waals surface area contributed by atoms with Gasteiger partial charge in [-0.1, -0.05) is 0 Å². The molecule has 0 aliphatic rings. The number of halogens is 1. The van der Waals surface area contributed by atoms with E-state index >= 15 is 0 Å². The van der Waals surface area contributed by atoms with Crippen molar-refractivity contribution in [2.75, 3.05) is 14.2 Å². The topological polar surface area (TPSA) is 35.5 Å². The quantitative estimate of drug-likeness (QED) is 0.766. The van der Waals surface area contributed by atoms with Gasteiger partial charge in [0.1, 0.15) is 11.5 Å². The average molecular weight is 245 g/mol. The van der Waals surface area contributed by atoms with E-state index in [-0.39, 0.29) is 0 Å². The van der Waals surface area contributed by atoms with Crippen LogP contribution in [0.1, 0.15) is 10.4 Å². The zero-order chi connectivity index (χ0) is 9.84. The lowest BCUT2D eigenvalue weighted by molar-refractivity contribution is 0.111. The molecule has 3 nitrogen and oxygen atoms in total. The zero-order valence-electron chi connectivity index (χ0n) is 7.33. The lowest BCUT2D eigenvalue weighted by atomic mass is 10.2. The number of hydrogen-bond donors (Lipinski definition) is 0. The number of carbonyl (C=O) groups excluding carboxylic acids is 1. The van der Waals surface area contributed by atoms with E-state index in [2.05, 4.69) is 15.9 Å². The lowest BCUT2D eigenvalue weighted by Gasteiger charge is -2.08. The van der Waals surface area contributed by atoms with E-state index in [9.17, 15) is 4.79 Å². The van der Waals surface area contributed by atoms with E-state index < -0.39 is 0 Å². The van der Waals surface area contributed by atoms with Gasteiger partial charge in [0.25, 0.3) is 0 Å². The first kappa shape index (κ1) is 10.1. The van der Waals surface area contributed by atoms with Crippen LogP contribution in [0.5, 0.6) is 11.5 Å². The van der Waals surface area contributed by atoms with Gasteiger partial charge in [-0.3, -0.25) is 4.79 Å². The Morgan fingerprint density at radius 3 is 2.23 bits per heavy atom. The summed E-state index contributed by atoms with van der Waals surface area (Å²) >= 11 is 3.26. The molecule has 0 heterocycles. The Bertz CT molecular complexity index is 323. The number of hydrogen-bond acceptors (Lipinski definition) is 3. The molecule has 0 atom stereocenters. The molecule has 0 saturated heterocycles. The minimum atomic E-state index is 0.460. The van der Waals surface area contributed by atoms with E-state index in [1.807, 2.05) is 0 Å². The molecule has 0 aliphatic heterocycles. The number of carbonyl (C=O) groups is 1. The van der Waals surface area contributed by atoms with Gasteiger partial charge in [-0.15, -0.1) is 0 Å². The second kappa shape index (κ2) is 4.28. The highest BCUT2D eigenvalue weighted by molar-refractivity contribution is 9.10. The summed E-state index contributed by atoms with van der Waals surface area (Å²) in [4.78, 5) is 10.7. The van der Waals surface area contributed by atoms with Crippen molar-refractivity contribution >= 4 is 22.2 Å². The van der Waals surface area contributed by atoms with Crippen molar-refractivity contribution in [2.24, 2.45) is 0 Å². The van der Waals surface area contributed by atoms with E-state index in [1.54, 1.807) is 19.2 Å². The second-order valence-corrected chi connectivity index (χ2v) is 3.11. The van der Waals surface area contributed by atoms with Gasteiger partial charge in [-0.25, -0.2) is 0 Å². The van der Waals surface area contributed by atoms with Crippen LogP contribution in [0.25, 0.3) is 0 Å². The van der Waals surface area contributed by atoms with Crippen molar-refractivity contribution in [3.8, 4) is 11.5 Å². The van der Waals surface area contributed by atoms with Gasteiger partial charge in [-0.2, -0.15) is 0 Å². The Morgan fingerprint density at radius 1 is 1.23 bits per heavy atom. The van der Waals surface area contributed by atoms with Crippen molar-refractivity contribution in [2.45, 2.75) is 0 Å². The Hall–Kier alpha value is -1.03. The Morgan fingerprint density at radius 2 is 1.77 bits per heavy atom. The molecule has 0 radical (unpaired) electrons. The fourth-order valence-electron chi connectivity index (χ4n) is 1.00. The molecular weight excluding hydrogens is 236 g/mol. The SMILES string of the molecule is COc1ccc(OC)c(C=O)c1Br. The third-order valence-corrected chi connectivity index (χ3v) is 2.48. The first-order valence-electron chi connectivity index (χ1n) is 3.60. The van der Waals surface area contributed by atoms with Crippen LogP contribution in [0.15, 0.2) is 16.6 Å². The van der Waals surface area contributed by atoms with Gasteiger partial charge in [0, 0.05) is 0 Å².